The molecule has 3 aliphatic rings. The molecular formula is C110H118F12N12O6S3. The third kappa shape index (κ3) is 29.5. The van der Waals surface area contributed by atoms with E-state index in [1.165, 1.54) is 76.4 Å². The molecule has 0 radical (unpaired) electrons. The third-order valence-corrected chi connectivity index (χ3v) is 25.5. The molecule has 0 spiro atoms. The normalized spacial score (nSPS) is 18.8. The molecule has 9 aromatic carbocycles. The van der Waals surface area contributed by atoms with E-state index in [1.54, 1.807) is 52.0 Å². The number of rotatable bonds is 39. The highest BCUT2D eigenvalue weighted by atomic mass is 32.2. The number of carbonyl (C=O) groups excluding carboxylic acids is 3. The average Bonchev–Trinajstić information content (AvgIpc) is 1.52. The molecule has 0 fully saturated rings. The molecule has 3 aliphatic carbocycles. The molecule has 1 atom stereocenters. The summed E-state index contributed by atoms with van der Waals surface area (Å²) in [6, 6.07) is 3.67. The lowest BCUT2D eigenvalue weighted by atomic mass is 9.98. The second-order valence-corrected chi connectivity index (χ2v) is 34.9. The summed E-state index contributed by atoms with van der Waals surface area (Å²) >= 11 is 2.00. The minimum absolute atomic E-state index is 0.0123. The topological polar surface area (TPSA) is 175 Å². The monoisotopic (exact) mass is 2060 g/mol. The number of likely N-dealkylation sites (N-methyl/N-ethyl adjacent to an activating group) is 3. The summed E-state index contributed by atoms with van der Waals surface area (Å²) in [4.78, 5) is 101. The van der Waals surface area contributed by atoms with Crippen LogP contribution in [0.1, 0.15) is 200 Å². The maximum absolute atomic E-state index is 14.7. The number of carbonyl (C=O) groups is 3. The van der Waals surface area contributed by atoms with Gasteiger partial charge in [-0.15, -0.1) is 0 Å². The fourth-order valence-electron chi connectivity index (χ4n) is 14.8. The van der Waals surface area contributed by atoms with Crippen molar-refractivity contribution in [3.8, 4) is 33.4 Å². The number of hydrogen-bond acceptors (Lipinski definition) is 15. The van der Waals surface area contributed by atoms with Crippen LogP contribution >= 0.6 is 35.3 Å². The van der Waals surface area contributed by atoms with Gasteiger partial charge < -0.3 is 43.1 Å². The zero-order valence-corrected chi connectivity index (χ0v) is 80.6. The molecule has 3 aromatic heterocycles. The van der Waals surface area contributed by atoms with Crippen molar-refractivity contribution in [3.63, 3.8) is 0 Å². The molecule has 1 unspecified atom stereocenters. The lowest BCUT2D eigenvalue weighted by molar-refractivity contribution is -0.138. The molecule has 3 amide bonds. The van der Waals surface area contributed by atoms with Crippen molar-refractivity contribution in [1.82, 2.24) is 58.1 Å². The number of amides is 3. The number of benzene rings is 9. The summed E-state index contributed by atoms with van der Waals surface area (Å²) in [7, 11) is 0. The van der Waals surface area contributed by atoms with E-state index >= 15 is 0 Å². The van der Waals surface area contributed by atoms with Crippen molar-refractivity contribution in [2.24, 2.45) is 5.89 Å². The van der Waals surface area contributed by atoms with Crippen molar-refractivity contribution < 1.29 is 116 Å². The van der Waals surface area contributed by atoms with E-state index in [1.807, 2.05) is 0 Å². The van der Waals surface area contributed by atoms with Crippen LogP contribution in [0.15, 0.2) is 242 Å². The Balaban J connectivity index is 0.000000219. The Morgan fingerprint density at radius 2 is 0.692 bits per heavy atom. The summed E-state index contributed by atoms with van der Waals surface area (Å²) in [6.45, 7) is -11.7. The van der Waals surface area contributed by atoms with E-state index in [0.717, 1.165) is 69.1 Å². The van der Waals surface area contributed by atoms with Gasteiger partial charge in [0.15, 0.2) is 15.5 Å². The minimum Gasteiger partial charge on any atom is -0.336 e. The summed E-state index contributed by atoms with van der Waals surface area (Å²) in [6.07, 6.45) is -18.1. The van der Waals surface area contributed by atoms with E-state index in [9.17, 15) is 86.9 Å². The van der Waals surface area contributed by atoms with E-state index in [2.05, 4.69) is 15.0 Å². The van der Waals surface area contributed by atoms with Gasteiger partial charge in [0.25, 0.3) is 16.7 Å². The number of halogens is 12. The lowest BCUT2D eigenvalue weighted by Gasteiger charge is -2.28. The van der Waals surface area contributed by atoms with Gasteiger partial charge in [-0.3, -0.25) is 28.8 Å². The molecule has 0 N–H and O–H groups in total. The molecule has 143 heavy (non-hydrogen) atoms. The smallest absolute Gasteiger partial charge is 0.336 e. The first-order valence-corrected chi connectivity index (χ1v) is 47.8. The summed E-state index contributed by atoms with van der Waals surface area (Å²) in [5, 5.41) is -0.800. The number of fused-ring (bicyclic) bond motifs is 3. The predicted octanol–water partition coefficient (Wildman–Crippen LogP) is 22.2. The fraction of sp³-hybridized carbons (Fsp3) is 0.373. The van der Waals surface area contributed by atoms with Gasteiger partial charge in [-0.2, -0.15) is 54.5 Å². The number of hydrogen-bond donors (Lipinski definition) is 0. The standard InChI is InChI=1S/2C37H40F4N4O2S.C36H38F4N4O2S/c1-4-43(5-2)18-19-44(22-26-6-10-28(11-7-26)29-12-14-30(15-13-29)37(39,40)41)34(46)23-45-33-21-25(3)20-32(33)35(47)42-36(45)48-24-27-8-16-31(38)17-9-27;1-4-43(5-2)19-20-44(22-26-9-13-28(14-10-26)29-15-18-32(25(3)21-29)37(39,40)41)34(46)23-45-33-8-6-7-31(33)35(47)42-36(45)48-24-27-11-16-30(38)17-12-27;1-3-42(4-2)20-21-43(22-25-8-12-27(13-9-25)28-14-16-29(17-15-28)36(38,39)40)33(45)23-44-32-7-5-6-31(32)34(46)41-35(44)47-24-26-10-18-30(37)19-11-26/h6-17,25H,4-5,18-24H2,1-3H3;9-18,21H,4-8,19-20,22-24H2,1-3H3;8-19H,3-7,20-24H2,1-2H3/i8D,9D,16D,17D,18D2,19D2,20D2,21D2,25D;9D,10D,11D,12D,13D,14D,15D,16D,17D,18D,19D2,20D2,21D;10D,11D,18D,19D,20D2,21D2. The quantitative estimate of drug-likeness (QED) is 0.0202. The van der Waals surface area contributed by atoms with Gasteiger partial charge in [-0.05, 0) is 242 Å². The third-order valence-electron chi connectivity index (χ3n) is 22.5. The van der Waals surface area contributed by atoms with Crippen LogP contribution in [0.4, 0.5) is 52.7 Å². The second-order valence-electron chi connectivity index (χ2n) is 32.0. The Morgan fingerprint density at radius 3 is 1.02 bits per heavy atom. The molecule has 0 saturated carbocycles. The first-order valence-electron chi connectivity index (χ1n) is 62.8. The van der Waals surface area contributed by atoms with Crippen molar-refractivity contribution in [2.75, 3.05) is 78.2 Å². The number of aromatic nitrogens is 6. The molecule has 756 valence electrons. The Kier molecular flexibility index (Phi) is 24.2. The first kappa shape index (κ1) is 69.2. The SMILES string of the molecule is [2H]c1c([2H])c(CSc2nc(=O)c3c(n2CC(=O)N(Cc2c([2H])c([2H])c(-c4c([2H])c([2H])c(C(F)(F)F)c(C)c4[2H])c([2H])c2[2H])C([2H])([2H])C([2H])([2H])N(CC)CC)CCC3)c([2H])c([2H])c1F.[2H]c1c([2H])c(CSc2nc(=O)c3c(n2CC(=O)N(Cc2ccc(-c4ccc(C(F)(F)F)cc4)cc2)C([2H])([2H])C([2H])([2H])N(CC)CC)C([2H])([2H])C([2H])(C)C3([2H])[2H])c([2H])c([2H])c1F.[2H]c1c([2H])c(CSc2nc(=O)c3c(n2CC(=O)N(Cc2ccc(-c4ccc(C(F)(F)F)cc4)cc2)C([2H])([2H])C([2H])([2H])N(CC)CC)CCC3)c([2H])c([2H])c1F. The van der Waals surface area contributed by atoms with Crippen LogP contribution in [0.25, 0.3) is 33.4 Å². The van der Waals surface area contributed by atoms with Gasteiger partial charge in [0.1, 0.15) is 37.1 Å². The lowest BCUT2D eigenvalue weighted by Crippen LogP contribution is -2.40. The summed E-state index contributed by atoms with van der Waals surface area (Å²) < 4.78 is 476. The first-order chi connectivity index (χ1) is 82.8. The van der Waals surface area contributed by atoms with Gasteiger partial charge in [0.05, 0.1) is 51.0 Å². The minimum atomic E-state index is -5.15. The van der Waals surface area contributed by atoms with Crippen LogP contribution in [0.5, 0.6) is 0 Å². The molecule has 3 heterocycles. The van der Waals surface area contributed by atoms with Crippen LogP contribution in [-0.2, 0) is 128 Å². The number of alkyl halides is 9. The van der Waals surface area contributed by atoms with Gasteiger partial charge in [0.2, 0.25) is 17.7 Å². The van der Waals surface area contributed by atoms with E-state index in [4.69, 9.17) is 43.9 Å². The Labute approximate surface area is 889 Å². The van der Waals surface area contributed by atoms with E-state index < -0.39 is 349 Å². The van der Waals surface area contributed by atoms with Gasteiger partial charge in [-0.25, -0.2) is 13.2 Å². The maximum Gasteiger partial charge on any atom is 0.416 e. The summed E-state index contributed by atoms with van der Waals surface area (Å²) in [5.41, 5.74) is -7.69. The molecule has 0 aliphatic heterocycles. The summed E-state index contributed by atoms with van der Waals surface area (Å²) in [5.74, 6) is -11.5. The van der Waals surface area contributed by atoms with Gasteiger partial charge >= 0.3 is 18.5 Å². The molecule has 33 heteroatoms. The van der Waals surface area contributed by atoms with Crippen molar-refractivity contribution in [3.05, 3.63) is 350 Å². The number of thioether (sulfide) groups is 3. The predicted molar refractivity (Wildman–Crippen MR) is 539 cm³/mol. The molecule has 0 saturated heterocycles. The van der Waals surface area contributed by atoms with Crippen LogP contribution in [-0.4, -0.2) is 154 Å². The van der Waals surface area contributed by atoms with Crippen LogP contribution in [0, 0.1) is 30.3 Å². The molecule has 15 rings (SSSR count). The highest BCUT2D eigenvalue weighted by Crippen LogP contribution is 2.39. The average molecular weight is 2060 g/mol. The second kappa shape index (κ2) is 50.1. The van der Waals surface area contributed by atoms with Crippen LogP contribution in [0.3, 0.4) is 0 Å². The molecule has 0 bridgehead atoms. The highest BCUT2D eigenvalue weighted by molar-refractivity contribution is 7.98. The molecular weight excluding hydrogens is 1910 g/mol. The van der Waals surface area contributed by atoms with E-state index in [-0.39, 0.29) is 102 Å². The zero-order valence-electron chi connectivity index (χ0n) is 114. The Bertz CT molecular complexity index is 8530. The van der Waals surface area contributed by atoms with E-state index in [0.29, 0.717) is 98.1 Å². The van der Waals surface area contributed by atoms with Crippen LogP contribution < -0.4 is 16.7 Å². The van der Waals surface area contributed by atoms with Gasteiger partial charge in [0, 0.05) is 125 Å². The van der Waals surface area contributed by atoms with Crippen LogP contribution in [0.2, 0.25) is 0 Å². The largest absolute Gasteiger partial charge is 0.416 e. The number of nitrogens with zero attached hydrogens (tertiary/aromatic N) is 12. The van der Waals surface area contributed by atoms with Crippen molar-refractivity contribution >= 4 is 53.0 Å². The Hall–Kier alpha value is -11.9. The highest BCUT2D eigenvalue weighted by Gasteiger charge is 2.36. The Morgan fingerprint density at radius 1 is 0.385 bits per heavy atom. The maximum atomic E-state index is 14.7. The fourth-order valence-corrected chi connectivity index (χ4v) is 17.5. The van der Waals surface area contributed by atoms with Crippen molar-refractivity contribution in [1.29, 1.82) is 0 Å². The zero-order chi connectivity index (χ0) is 134. The molecule has 18 nitrogen and oxygen atoms in total. The van der Waals surface area contributed by atoms with Crippen molar-refractivity contribution in [2.45, 2.75) is 197 Å². The molecule has 12 aromatic rings. The van der Waals surface area contributed by atoms with Gasteiger partial charge in [-0.1, -0.05) is 229 Å².